The molecule has 1 saturated heterocycles. The van der Waals surface area contributed by atoms with Gasteiger partial charge in [0.2, 0.25) is 15.9 Å². The Labute approximate surface area is 217 Å². The van der Waals surface area contributed by atoms with Crippen molar-refractivity contribution in [1.82, 2.24) is 19.1 Å². The van der Waals surface area contributed by atoms with Crippen LogP contribution in [0.5, 0.6) is 0 Å². The van der Waals surface area contributed by atoms with E-state index in [4.69, 9.17) is 0 Å². The average molecular weight is 554 g/mol. The highest BCUT2D eigenvalue weighted by Gasteiger charge is 2.33. The molecule has 0 atom stereocenters. The van der Waals surface area contributed by atoms with Crippen molar-refractivity contribution in [1.29, 1.82) is 0 Å². The van der Waals surface area contributed by atoms with Crippen LogP contribution in [0, 0.1) is 0 Å². The third-order valence-electron chi connectivity index (χ3n) is 5.94. The molecule has 1 fully saturated rings. The number of thioether (sulfide) groups is 1. The van der Waals surface area contributed by atoms with Crippen LogP contribution in [0.15, 0.2) is 58.6 Å². The van der Waals surface area contributed by atoms with Crippen LogP contribution < -0.4 is 5.32 Å². The van der Waals surface area contributed by atoms with E-state index in [1.807, 2.05) is 6.92 Å². The van der Waals surface area contributed by atoms with Gasteiger partial charge >= 0.3 is 6.18 Å². The molecule has 0 spiro atoms. The third kappa shape index (κ3) is 6.16. The monoisotopic (exact) mass is 553 g/mol. The van der Waals surface area contributed by atoms with Gasteiger partial charge in [0.05, 0.1) is 21.9 Å². The number of piperidine rings is 1. The first-order chi connectivity index (χ1) is 17.6. The maximum absolute atomic E-state index is 13.2. The fourth-order valence-corrected chi connectivity index (χ4v) is 6.40. The first kappa shape index (κ1) is 27.1. The number of hydrogen-bond donors (Lipinski definition) is 1. The van der Waals surface area contributed by atoms with Gasteiger partial charge < -0.3 is 9.88 Å². The molecule has 1 aromatic heterocycles. The number of hydrogen-bond acceptors (Lipinski definition) is 6. The molecule has 8 nitrogen and oxygen atoms in total. The summed E-state index contributed by atoms with van der Waals surface area (Å²) in [4.78, 5) is 12.6. The predicted octanol–water partition coefficient (Wildman–Crippen LogP) is 4.89. The Bertz CT molecular complexity index is 1350. The number of alkyl halides is 3. The Morgan fingerprint density at radius 3 is 2.35 bits per heavy atom. The van der Waals surface area contributed by atoms with Crippen molar-refractivity contribution in [3.05, 3.63) is 54.1 Å². The molecule has 0 unspecified atom stereocenters. The number of carbonyl (C=O) groups is 1. The number of halogens is 3. The maximum atomic E-state index is 13.2. The molecule has 3 aromatic rings. The minimum Gasteiger partial charge on any atom is -0.325 e. The van der Waals surface area contributed by atoms with Crippen molar-refractivity contribution in [2.24, 2.45) is 0 Å². The van der Waals surface area contributed by atoms with Gasteiger partial charge in [-0.2, -0.15) is 17.5 Å². The van der Waals surface area contributed by atoms with E-state index in [1.54, 1.807) is 28.8 Å². The normalized spacial score (nSPS) is 15.0. The van der Waals surface area contributed by atoms with Crippen molar-refractivity contribution >= 4 is 33.4 Å². The molecular formula is C24H26F3N5O3S2. The van der Waals surface area contributed by atoms with Crippen LogP contribution in [0.25, 0.3) is 11.4 Å². The van der Waals surface area contributed by atoms with Crippen molar-refractivity contribution in [2.75, 3.05) is 24.2 Å². The molecule has 0 radical (unpaired) electrons. The molecule has 1 N–H and O–H groups in total. The maximum Gasteiger partial charge on any atom is 0.418 e. The van der Waals surface area contributed by atoms with Gasteiger partial charge in [0.25, 0.3) is 0 Å². The van der Waals surface area contributed by atoms with Crippen molar-refractivity contribution in [3.63, 3.8) is 0 Å². The highest BCUT2D eigenvalue weighted by Crippen LogP contribution is 2.35. The average Bonchev–Trinajstić information content (AvgIpc) is 3.30. The summed E-state index contributed by atoms with van der Waals surface area (Å²) in [5, 5.41) is 11.1. The Hall–Kier alpha value is -2.90. The number of anilines is 1. The van der Waals surface area contributed by atoms with Gasteiger partial charge in [0.1, 0.15) is 0 Å². The number of rotatable bonds is 8. The number of aromatic nitrogens is 3. The van der Waals surface area contributed by atoms with E-state index in [-0.39, 0.29) is 16.3 Å². The fraction of sp³-hybridized carbons (Fsp3) is 0.375. The predicted molar refractivity (Wildman–Crippen MR) is 135 cm³/mol. The van der Waals surface area contributed by atoms with Gasteiger partial charge in [0, 0.05) is 25.2 Å². The number of sulfonamides is 1. The summed E-state index contributed by atoms with van der Waals surface area (Å²) in [6.07, 6.45) is -1.86. The standard InChI is InChI=1S/C24H26F3N5O3S2/c1-2-32-22(17-10-12-18(13-11-17)37(34,35)31-14-6-3-7-15-31)29-30-23(32)36-16-21(33)28-20-9-5-4-8-19(20)24(25,26)27/h4-5,8-13H,2-3,6-7,14-16H2,1H3,(H,28,33). The molecule has 1 aliphatic rings. The lowest BCUT2D eigenvalue weighted by Gasteiger charge is -2.25. The molecular weight excluding hydrogens is 527 g/mol. The molecule has 198 valence electrons. The van der Waals surface area contributed by atoms with E-state index in [9.17, 15) is 26.4 Å². The number of nitrogens with zero attached hydrogens (tertiary/aromatic N) is 4. The number of carbonyl (C=O) groups excluding carboxylic acids is 1. The van der Waals surface area contributed by atoms with Crippen molar-refractivity contribution in [3.8, 4) is 11.4 Å². The summed E-state index contributed by atoms with van der Waals surface area (Å²) < 4.78 is 68.6. The summed E-state index contributed by atoms with van der Waals surface area (Å²) in [6, 6.07) is 11.2. The fourth-order valence-electron chi connectivity index (χ4n) is 4.08. The van der Waals surface area contributed by atoms with Crippen LogP contribution in [-0.4, -0.2) is 52.2 Å². The lowest BCUT2D eigenvalue weighted by Crippen LogP contribution is -2.35. The lowest BCUT2D eigenvalue weighted by atomic mass is 10.1. The quantitative estimate of drug-likeness (QED) is 0.399. The van der Waals surface area contributed by atoms with E-state index >= 15 is 0 Å². The number of para-hydroxylation sites is 1. The molecule has 2 aromatic carbocycles. The molecule has 0 aliphatic carbocycles. The topological polar surface area (TPSA) is 97.2 Å². The van der Waals surface area contributed by atoms with E-state index in [1.165, 1.54) is 22.5 Å². The Balaban J connectivity index is 1.45. The highest BCUT2D eigenvalue weighted by molar-refractivity contribution is 7.99. The van der Waals surface area contributed by atoms with Crippen LogP contribution in [-0.2, 0) is 27.5 Å². The molecule has 0 saturated carbocycles. The first-order valence-corrected chi connectivity index (χ1v) is 14.2. The van der Waals surface area contributed by atoms with Gasteiger partial charge in [-0.15, -0.1) is 10.2 Å². The summed E-state index contributed by atoms with van der Waals surface area (Å²) in [5.74, 6) is -0.284. The van der Waals surface area contributed by atoms with Crippen molar-refractivity contribution < 1.29 is 26.4 Å². The summed E-state index contributed by atoms with van der Waals surface area (Å²) >= 11 is 1.05. The Morgan fingerprint density at radius 2 is 1.70 bits per heavy atom. The van der Waals surface area contributed by atoms with Crippen LogP contribution in [0.2, 0.25) is 0 Å². The minimum absolute atomic E-state index is 0.169. The first-order valence-electron chi connectivity index (χ1n) is 11.7. The summed E-state index contributed by atoms with van der Waals surface area (Å²) in [7, 11) is -3.56. The Morgan fingerprint density at radius 1 is 1.03 bits per heavy atom. The highest BCUT2D eigenvalue weighted by atomic mass is 32.2. The van der Waals surface area contributed by atoms with Crippen LogP contribution in [0.3, 0.4) is 0 Å². The zero-order valence-corrected chi connectivity index (χ0v) is 21.7. The van der Waals surface area contributed by atoms with E-state index in [0.29, 0.717) is 36.2 Å². The zero-order valence-electron chi connectivity index (χ0n) is 20.0. The molecule has 0 bridgehead atoms. The Kier molecular flexibility index (Phi) is 8.24. The number of amides is 1. The molecule has 2 heterocycles. The molecule has 1 amide bonds. The van der Waals surface area contributed by atoms with Crippen LogP contribution in [0.4, 0.5) is 18.9 Å². The third-order valence-corrected chi connectivity index (χ3v) is 8.82. The largest absolute Gasteiger partial charge is 0.418 e. The molecule has 1 aliphatic heterocycles. The zero-order chi connectivity index (χ0) is 26.6. The molecule has 4 rings (SSSR count). The van der Waals surface area contributed by atoms with Gasteiger partial charge in [-0.3, -0.25) is 4.79 Å². The van der Waals surface area contributed by atoms with Gasteiger partial charge in [0.15, 0.2) is 11.0 Å². The number of benzene rings is 2. The second kappa shape index (κ2) is 11.2. The summed E-state index contributed by atoms with van der Waals surface area (Å²) in [5.41, 5.74) is -0.571. The van der Waals surface area contributed by atoms with Crippen molar-refractivity contribution in [2.45, 2.75) is 49.0 Å². The smallest absolute Gasteiger partial charge is 0.325 e. The lowest BCUT2D eigenvalue weighted by molar-refractivity contribution is -0.137. The van der Waals surface area contributed by atoms with Gasteiger partial charge in [-0.1, -0.05) is 30.3 Å². The van der Waals surface area contributed by atoms with E-state index in [2.05, 4.69) is 15.5 Å². The second-order valence-electron chi connectivity index (χ2n) is 8.42. The summed E-state index contributed by atoms with van der Waals surface area (Å²) in [6.45, 7) is 3.37. The van der Waals surface area contributed by atoms with Crippen LogP contribution >= 0.6 is 11.8 Å². The SMILES string of the molecule is CCn1c(SCC(=O)Nc2ccccc2C(F)(F)F)nnc1-c1ccc(S(=O)(=O)N2CCCCC2)cc1. The van der Waals surface area contributed by atoms with Gasteiger partial charge in [-0.05, 0) is 56.2 Å². The van der Waals surface area contributed by atoms with Gasteiger partial charge in [-0.25, -0.2) is 8.42 Å². The number of nitrogens with one attached hydrogen (secondary N) is 1. The molecule has 37 heavy (non-hydrogen) atoms. The molecule has 13 heteroatoms. The minimum atomic E-state index is -4.59. The van der Waals surface area contributed by atoms with E-state index in [0.717, 1.165) is 37.1 Å². The van der Waals surface area contributed by atoms with E-state index < -0.39 is 27.7 Å². The second-order valence-corrected chi connectivity index (χ2v) is 11.3. The van der Waals surface area contributed by atoms with Crippen LogP contribution in [0.1, 0.15) is 31.7 Å².